The lowest BCUT2D eigenvalue weighted by atomic mass is 10.1. The van der Waals surface area contributed by atoms with Crippen LogP contribution >= 0.6 is 15.9 Å². The summed E-state index contributed by atoms with van der Waals surface area (Å²) in [7, 11) is 0. The van der Waals surface area contributed by atoms with E-state index in [0.29, 0.717) is 25.5 Å². The molecule has 0 spiro atoms. The van der Waals surface area contributed by atoms with E-state index in [1.807, 2.05) is 25.1 Å². The van der Waals surface area contributed by atoms with Crippen LogP contribution in [0.4, 0.5) is 5.69 Å². The van der Waals surface area contributed by atoms with Gasteiger partial charge in [0.25, 0.3) is 0 Å². The van der Waals surface area contributed by atoms with Crippen LogP contribution in [0.2, 0.25) is 0 Å². The second-order valence-electron chi connectivity index (χ2n) is 5.16. The first-order valence-corrected chi connectivity index (χ1v) is 8.42. The van der Waals surface area contributed by atoms with E-state index < -0.39 is 0 Å². The van der Waals surface area contributed by atoms with Gasteiger partial charge in [-0.3, -0.25) is 0 Å². The van der Waals surface area contributed by atoms with E-state index in [2.05, 4.69) is 52.9 Å². The summed E-state index contributed by atoms with van der Waals surface area (Å²) in [5.41, 5.74) is 3.46. The van der Waals surface area contributed by atoms with Gasteiger partial charge in [0.05, 0.1) is 11.1 Å². The lowest BCUT2D eigenvalue weighted by Crippen LogP contribution is -2.04. The third-order valence-electron chi connectivity index (χ3n) is 3.23. The Kier molecular flexibility index (Phi) is 6.53. The predicted octanol–water partition coefficient (Wildman–Crippen LogP) is 5.33. The quantitative estimate of drug-likeness (QED) is 0.632. The van der Waals surface area contributed by atoms with Gasteiger partial charge in [0.2, 0.25) is 0 Å². The molecule has 2 aromatic rings. The zero-order valence-electron chi connectivity index (χ0n) is 13.6. The van der Waals surface area contributed by atoms with Crippen molar-refractivity contribution in [2.45, 2.75) is 20.4 Å². The largest absolute Gasteiger partial charge is 0.490 e. The standard InChI is InChI=1S/C19H22BrNO2/c1-4-9-23-19-17(20)11-15(12-18(19)22-5-2)13-21-16-8-6-7-14(3)10-16/h4,6-8,10-12,21H,1,5,9,13H2,2-3H3. The summed E-state index contributed by atoms with van der Waals surface area (Å²) >= 11 is 3.57. The van der Waals surface area contributed by atoms with Crippen molar-refractivity contribution in [2.24, 2.45) is 0 Å². The average Bonchev–Trinajstić information content (AvgIpc) is 2.52. The minimum absolute atomic E-state index is 0.444. The molecular weight excluding hydrogens is 354 g/mol. The van der Waals surface area contributed by atoms with Crippen molar-refractivity contribution in [3.05, 3.63) is 64.7 Å². The monoisotopic (exact) mass is 375 g/mol. The molecule has 0 fully saturated rings. The molecule has 4 heteroatoms. The first kappa shape index (κ1) is 17.4. The van der Waals surface area contributed by atoms with Crippen molar-refractivity contribution in [1.82, 2.24) is 0 Å². The van der Waals surface area contributed by atoms with E-state index in [1.165, 1.54) is 5.56 Å². The fourth-order valence-corrected chi connectivity index (χ4v) is 2.83. The number of rotatable bonds is 8. The molecule has 0 atom stereocenters. The maximum absolute atomic E-state index is 5.71. The number of benzene rings is 2. The number of ether oxygens (including phenoxy) is 2. The van der Waals surface area contributed by atoms with Crippen LogP contribution in [0.3, 0.4) is 0 Å². The molecule has 0 unspecified atom stereocenters. The van der Waals surface area contributed by atoms with Gasteiger partial charge in [-0.15, -0.1) is 0 Å². The van der Waals surface area contributed by atoms with Gasteiger partial charge in [0.15, 0.2) is 11.5 Å². The molecule has 0 radical (unpaired) electrons. The highest BCUT2D eigenvalue weighted by molar-refractivity contribution is 9.10. The molecule has 0 bridgehead atoms. The molecule has 0 aliphatic heterocycles. The van der Waals surface area contributed by atoms with Crippen molar-refractivity contribution in [2.75, 3.05) is 18.5 Å². The fourth-order valence-electron chi connectivity index (χ4n) is 2.23. The van der Waals surface area contributed by atoms with Gasteiger partial charge in [-0.25, -0.2) is 0 Å². The van der Waals surface area contributed by atoms with E-state index in [9.17, 15) is 0 Å². The number of hydrogen-bond donors (Lipinski definition) is 1. The smallest absolute Gasteiger partial charge is 0.175 e. The van der Waals surface area contributed by atoms with Crippen LogP contribution in [0, 0.1) is 6.92 Å². The highest BCUT2D eigenvalue weighted by Crippen LogP contribution is 2.37. The van der Waals surface area contributed by atoms with Crippen LogP contribution < -0.4 is 14.8 Å². The Morgan fingerprint density at radius 3 is 2.74 bits per heavy atom. The molecule has 23 heavy (non-hydrogen) atoms. The minimum atomic E-state index is 0.444. The molecule has 0 saturated heterocycles. The number of aryl methyl sites for hydroxylation is 1. The summed E-state index contributed by atoms with van der Waals surface area (Å²) < 4.78 is 12.3. The SMILES string of the molecule is C=CCOc1c(Br)cc(CNc2cccc(C)c2)cc1OCC. The van der Waals surface area contributed by atoms with Crippen LogP contribution in [0.5, 0.6) is 11.5 Å². The highest BCUT2D eigenvalue weighted by Gasteiger charge is 2.12. The maximum atomic E-state index is 5.71. The van der Waals surface area contributed by atoms with Gasteiger partial charge in [0, 0.05) is 12.2 Å². The molecule has 2 rings (SSSR count). The van der Waals surface area contributed by atoms with Gasteiger partial charge in [0.1, 0.15) is 6.61 Å². The second-order valence-corrected chi connectivity index (χ2v) is 6.01. The van der Waals surface area contributed by atoms with Gasteiger partial charge in [-0.05, 0) is 65.2 Å². The predicted molar refractivity (Wildman–Crippen MR) is 99.5 cm³/mol. The Morgan fingerprint density at radius 2 is 2.04 bits per heavy atom. The fraction of sp³-hybridized carbons (Fsp3) is 0.263. The maximum Gasteiger partial charge on any atom is 0.175 e. The first-order chi connectivity index (χ1) is 11.1. The number of halogens is 1. The van der Waals surface area contributed by atoms with Crippen LogP contribution in [-0.4, -0.2) is 13.2 Å². The second kappa shape index (κ2) is 8.63. The Hall–Kier alpha value is -1.94. The Bertz CT molecular complexity index is 670. The van der Waals surface area contributed by atoms with Gasteiger partial charge in [-0.2, -0.15) is 0 Å². The van der Waals surface area contributed by atoms with E-state index in [0.717, 1.165) is 21.5 Å². The highest BCUT2D eigenvalue weighted by atomic mass is 79.9. The summed E-state index contributed by atoms with van der Waals surface area (Å²) in [5, 5.41) is 3.43. The molecule has 0 heterocycles. The zero-order chi connectivity index (χ0) is 16.7. The average molecular weight is 376 g/mol. The van der Waals surface area contributed by atoms with Crippen molar-refractivity contribution in [3.8, 4) is 11.5 Å². The molecular formula is C19H22BrNO2. The van der Waals surface area contributed by atoms with Crippen LogP contribution in [0.25, 0.3) is 0 Å². The van der Waals surface area contributed by atoms with E-state index in [4.69, 9.17) is 9.47 Å². The summed E-state index contributed by atoms with van der Waals surface area (Å²) in [6.07, 6.45) is 1.72. The van der Waals surface area contributed by atoms with Crippen LogP contribution in [0.15, 0.2) is 53.5 Å². The number of hydrogen-bond acceptors (Lipinski definition) is 3. The van der Waals surface area contributed by atoms with E-state index in [-0.39, 0.29) is 0 Å². The number of nitrogens with one attached hydrogen (secondary N) is 1. The van der Waals surface area contributed by atoms with Crippen molar-refractivity contribution in [1.29, 1.82) is 0 Å². The molecule has 0 amide bonds. The molecule has 0 aliphatic carbocycles. The lowest BCUT2D eigenvalue weighted by Gasteiger charge is -2.15. The number of anilines is 1. The molecule has 3 nitrogen and oxygen atoms in total. The zero-order valence-corrected chi connectivity index (χ0v) is 15.2. The Labute approximate surface area is 146 Å². The molecule has 0 saturated carbocycles. The van der Waals surface area contributed by atoms with Crippen molar-refractivity contribution in [3.63, 3.8) is 0 Å². The Morgan fingerprint density at radius 1 is 1.22 bits per heavy atom. The Balaban J connectivity index is 2.17. The van der Waals surface area contributed by atoms with Crippen LogP contribution in [0.1, 0.15) is 18.1 Å². The van der Waals surface area contributed by atoms with E-state index >= 15 is 0 Å². The molecule has 122 valence electrons. The van der Waals surface area contributed by atoms with Crippen molar-refractivity contribution >= 4 is 21.6 Å². The summed E-state index contributed by atoms with van der Waals surface area (Å²) in [6, 6.07) is 12.4. The lowest BCUT2D eigenvalue weighted by molar-refractivity contribution is 0.295. The van der Waals surface area contributed by atoms with Crippen LogP contribution in [-0.2, 0) is 6.54 Å². The summed E-state index contributed by atoms with van der Waals surface area (Å²) in [4.78, 5) is 0. The summed E-state index contributed by atoms with van der Waals surface area (Å²) in [6.45, 7) is 9.47. The van der Waals surface area contributed by atoms with Crippen molar-refractivity contribution < 1.29 is 9.47 Å². The molecule has 0 aliphatic rings. The molecule has 2 aromatic carbocycles. The molecule has 0 aromatic heterocycles. The van der Waals surface area contributed by atoms with E-state index in [1.54, 1.807) is 6.08 Å². The van der Waals surface area contributed by atoms with Gasteiger partial charge >= 0.3 is 0 Å². The third-order valence-corrected chi connectivity index (χ3v) is 3.82. The third kappa shape index (κ3) is 5.03. The summed E-state index contributed by atoms with van der Waals surface area (Å²) in [5.74, 6) is 1.45. The first-order valence-electron chi connectivity index (χ1n) is 7.63. The topological polar surface area (TPSA) is 30.5 Å². The van der Waals surface area contributed by atoms with Gasteiger partial charge < -0.3 is 14.8 Å². The molecule has 1 N–H and O–H groups in total. The normalized spacial score (nSPS) is 10.2. The van der Waals surface area contributed by atoms with Gasteiger partial charge in [-0.1, -0.05) is 24.8 Å². The minimum Gasteiger partial charge on any atom is -0.490 e.